The number of para-hydroxylation sites is 1. The van der Waals surface area contributed by atoms with E-state index >= 15 is 0 Å². The normalized spacial score (nSPS) is 17.4. The molecule has 20 heavy (non-hydrogen) atoms. The third-order valence-electron chi connectivity index (χ3n) is 3.62. The van der Waals surface area contributed by atoms with E-state index < -0.39 is 0 Å². The van der Waals surface area contributed by atoms with Crippen molar-refractivity contribution in [3.63, 3.8) is 0 Å². The Kier molecular flexibility index (Phi) is 2.33. The predicted molar refractivity (Wildman–Crippen MR) is 81.6 cm³/mol. The minimum atomic E-state index is 0.947. The zero-order valence-corrected chi connectivity index (χ0v) is 11.1. The van der Waals surface area contributed by atoms with E-state index in [0.717, 1.165) is 34.0 Å². The first-order chi connectivity index (χ1) is 9.88. The van der Waals surface area contributed by atoms with Gasteiger partial charge in [-0.3, -0.25) is 4.98 Å². The second kappa shape index (κ2) is 4.17. The molecule has 2 aliphatic heterocycles. The Hall–Kier alpha value is -2.68. The quantitative estimate of drug-likeness (QED) is 0.721. The lowest BCUT2D eigenvalue weighted by molar-refractivity contribution is 1.18. The van der Waals surface area contributed by atoms with Crippen LogP contribution in [0.25, 0.3) is 11.3 Å². The van der Waals surface area contributed by atoms with Crippen molar-refractivity contribution in [1.29, 1.82) is 0 Å². The van der Waals surface area contributed by atoms with Gasteiger partial charge in [0, 0.05) is 23.5 Å². The average molecular weight is 259 g/mol. The van der Waals surface area contributed by atoms with Crippen LogP contribution in [0, 0.1) is 0 Å². The summed E-state index contributed by atoms with van der Waals surface area (Å²) in [6.07, 6.45) is 7.95. The van der Waals surface area contributed by atoms with E-state index in [1.807, 2.05) is 43.5 Å². The monoisotopic (exact) mass is 259 g/mol. The molecule has 1 aromatic heterocycles. The standard InChI is InChI=1S/C17H13N3/c1-2-12-9-11-20-15-8-4-3-6-13(15)16-14(17(20)19-12)7-5-10-18-16/h2-11H,1H3/b12-2+. The zero-order valence-electron chi connectivity index (χ0n) is 11.1. The summed E-state index contributed by atoms with van der Waals surface area (Å²) in [7, 11) is 0. The van der Waals surface area contributed by atoms with Crippen LogP contribution in [0.5, 0.6) is 0 Å². The van der Waals surface area contributed by atoms with E-state index in [2.05, 4.69) is 34.3 Å². The number of hydrogen-bond donors (Lipinski definition) is 0. The molecule has 3 heterocycles. The molecule has 0 bridgehead atoms. The number of aliphatic imine (C=N–C) groups is 1. The largest absolute Gasteiger partial charge is 0.301 e. The summed E-state index contributed by atoms with van der Waals surface area (Å²) in [6, 6.07) is 12.3. The number of benzene rings is 1. The van der Waals surface area contributed by atoms with Gasteiger partial charge < -0.3 is 4.90 Å². The van der Waals surface area contributed by atoms with Crippen molar-refractivity contribution >= 4 is 11.5 Å². The van der Waals surface area contributed by atoms with Crippen LogP contribution in [0.3, 0.4) is 0 Å². The molecule has 0 unspecified atom stereocenters. The van der Waals surface area contributed by atoms with Crippen LogP contribution in [0.1, 0.15) is 12.5 Å². The lowest BCUT2D eigenvalue weighted by atomic mass is 9.97. The number of aromatic nitrogens is 1. The first-order valence-corrected chi connectivity index (χ1v) is 6.66. The Labute approximate surface area is 117 Å². The smallest absolute Gasteiger partial charge is 0.147 e. The summed E-state index contributed by atoms with van der Waals surface area (Å²) in [5.41, 5.74) is 5.34. The van der Waals surface area contributed by atoms with Crippen LogP contribution >= 0.6 is 0 Å². The maximum atomic E-state index is 4.74. The summed E-state index contributed by atoms with van der Waals surface area (Å²) in [4.78, 5) is 11.4. The molecule has 2 aromatic rings. The fraction of sp³-hybridized carbons (Fsp3) is 0.0588. The van der Waals surface area contributed by atoms with Crippen LogP contribution < -0.4 is 4.90 Å². The zero-order chi connectivity index (χ0) is 13.5. The molecule has 0 fully saturated rings. The summed E-state index contributed by atoms with van der Waals surface area (Å²) in [6.45, 7) is 2.00. The minimum absolute atomic E-state index is 0.947. The van der Waals surface area contributed by atoms with Gasteiger partial charge in [0.15, 0.2) is 0 Å². The van der Waals surface area contributed by atoms with Gasteiger partial charge in [-0.05, 0) is 31.2 Å². The molecule has 0 spiro atoms. The summed E-state index contributed by atoms with van der Waals surface area (Å²) >= 11 is 0. The van der Waals surface area contributed by atoms with E-state index in [-0.39, 0.29) is 0 Å². The van der Waals surface area contributed by atoms with Gasteiger partial charge in [0.25, 0.3) is 0 Å². The molecule has 96 valence electrons. The minimum Gasteiger partial charge on any atom is -0.301 e. The summed E-state index contributed by atoms with van der Waals surface area (Å²) in [5, 5.41) is 0. The highest BCUT2D eigenvalue weighted by atomic mass is 15.2. The number of fused-ring (bicyclic) bond motifs is 6. The third kappa shape index (κ3) is 1.46. The molecule has 3 nitrogen and oxygen atoms in total. The Morgan fingerprint density at radius 1 is 1.05 bits per heavy atom. The highest BCUT2D eigenvalue weighted by Gasteiger charge is 2.28. The van der Waals surface area contributed by atoms with E-state index in [1.165, 1.54) is 0 Å². The van der Waals surface area contributed by atoms with Gasteiger partial charge in [-0.15, -0.1) is 0 Å². The molecule has 0 N–H and O–H groups in total. The third-order valence-corrected chi connectivity index (χ3v) is 3.62. The number of anilines is 1. The number of allylic oxidation sites excluding steroid dienone is 2. The number of pyridine rings is 1. The van der Waals surface area contributed by atoms with Crippen LogP contribution in [-0.4, -0.2) is 10.8 Å². The first kappa shape index (κ1) is 11.2. The van der Waals surface area contributed by atoms with Gasteiger partial charge in [-0.1, -0.05) is 24.3 Å². The van der Waals surface area contributed by atoms with E-state index in [9.17, 15) is 0 Å². The predicted octanol–water partition coefficient (Wildman–Crippen LogP) is 3.75. The van der Waals surface area contributed by atoms with Gasteiger partial charge in [0.2, 0.25) is 0 Å². The van der Waals surface area contributed by atoms with Crippen molar-refractivity contribution in [2.24, 2.45) is 4.99 Å². The molecule has 4 rings (SSSR count). The van der Waals surface area contributed by atoms with E-state index in [0.29, 0.717) is 0 Å². The second-order valence-electron chi connectivity index (χ2n) is 4.75. The summed E-state index contributed by atoms with van der Waals surface area (Å²) in [5.74, 6) is 0.947. The van der Waals surface area contributed by atoms with Gasteiger partial charge in [0.05, 0.1) is 17.1 Å². The van der Waals surface area contributed by atoms with Crippen molar-refractivity contribution in [2.75, 3.05) is 4.90 Å². The molecular weight excluding hydrogens is 246 g/mol. The SMILES string of the molecule is C/C=C1\C=CN2C(=N1)c1cccnc1-c1ccccc12. The van der Waals surface area contributed by atoms with Crippen molar-refractivity contribution in [3.05, 3.63) is 72.2 Å². The molecule has 0 saturated heterocycles. The molecule has 0 saturated carbocycles. The molecule has 3 heteroatoms. The molecule has 0 amide bonds. The van der Waals surface area contributed by atoms with Crippen molar-refractivity contribution in [2.45, 2.75) is 6.92 Å². The van der Waals surface area contributed by atoms with Gasteiger partial charge in [-0.25, -0.2) is 4.99 Å². The molecule has 1 aromatic carbocycles. The van der Waals surface area contributed by atoms with Crippen molar-refractivity contribution < 1.29 is 0 Å². The molecular formula is C17H13N3. The second-order valence-corrected chi connectivity index (χ2v) is 4.75. The van der Waals surface area contributed by atoms with E-state index in [4.69, 9.17) is 4.99 Å². The maximum absolute atomic E-state index is 4.74. The Morgan fingerprint density at radius 3 is 2.80 bits per heavy atom. The van der Waals surface area contributed by atoms with E-state index in [1.54, 1.807) is 0 Å². The van der Waals surface area contributed by atoms with Gasteiger partial charge >= 0.3 is 0 Å². The first-order valence-electron chi connectivity index (χ1n) is 6.66. The fourth-order valence-electron chi connectivity index (χ4n) is 2.66. The summed E-state index contributed by atoms with van der Waals surface area (Å²) < 4.78 is 0. The van der Waals surface area contributed by atoms with Gasteiger partial charge in [-0.2, -0.15) is 0 Å². The number of nitrogens with zero attached hydrogens (tertiary/aromatic N) is 3. The molecule has 0 radical (unpaired) electrons. The highest BCUT2D eigenvalue weighted by molar-refractivity contribution is 6.20. The molecule has 2 aliphatic rings. The van der Waals surface area contributed by atoms with Crippen molar-refractivity contribution in [3.8, 4) is 11.3 Å². The number of rotatable bonds is 0. The molecule has 0 atom stereocenters. The molecule has 0 aliphatic carbocycles. The average Bonchev–Trinajstić information content (AvgIpc) is 2.54. The van der Waals surface area contributed by atoms with Crippen LogP contribution in [0.15, 0.2) is 71.6 Å². The fourth-order valence-corrected chi connectivity index (χ4v) is 2.66. The Morgan fingerprint density at radius 2 is 1.90 bits per heavy atom. The topological polar surface area (TPSA) is 28.5 Å². The van der Waals surface area contributed by atoms with Crippen LogP contribution in [0.2, 0.25) is 0 Å². The Bertz CT molecular complexity index is 784. The van der Waals surface area contributed by atoms with Crippen LogP contribution in [-0.2, 0) is 0 Å². The maximum Gasteiger partial charge on any atom is 0.147 e. The Balaban J connectivity index is 2.05. The van der Waals surface area contributed by atoms with Crippen LogP contribution in [0.4, 0.5) is 5.69 Å². The van der Waals surface area contributed by atoms with Crippen molar-refractivity contribution in [1.82, 2.24) is 4.98 Å². The number of hydrogen-bond acceptors (Lipinski definition) is 3. The lowest BCUT2D eigenvalue weighted by Crippen LogP contribution is -2.32. The number of amidine groups is 1. The lowest BCUT2D eigenvalue weighted by Gasteiger charge is -2.32. The highest BCUT2D eigenvalue weighted by Crippen LogP contribution is 2.39. The van der Waals surface area contributed by atoms with Gasteiger partial charge in [0.1, 0.15) is 5.84 Å².